The van der Waals surface area contributed by atoms with Crippen LogP contribution in [0.25, 0.3) is 0 Å². The van der Waals surface area contributed by atoms with Crippen LogP contribution in [-0.4, -0.2) is 29.4 Å². The van der Waals surface area contributed by atoms with Crippen LogP contribution < -0.4 is 17.6 Å². The maximum atomic E-state index is 9.06. The molecule has 0 heterocycles. The molecule has 0 atom stereocenters. The van der Waals surface area contributed by atoms with Crippen LogP contribution in [0.5, 0.6) is 0 Å². The average molecular weight is 975 g/mol. The summed E-state index contributed by atoms with van der Waals surface area (Å²) in [5.41, 5.74) is 18.1. The third kappa shape index (κ3) is 11.9. The molecule has 0 aliphatic carbocycles. The van der Waals surface area contributed by atoms with E-state index in [0.717, 1.165) is 0 Å². The van der Waals surface area contributed by atoms with Gasteiger partial charge in [-0.1, -0.05) is 0 Å². The Labute approximate surface area is 399 Å². The summed E-state index contributed by atoms with van der Waals surface area (Å²) >= 11 is -5.98. The van der Waals surface area contributed by atoms with Gasteiger partial charge >= 0.3 is 402 Å². The van der Waals surface area contributed by atoms with Gasteiger partial charge in [0.05, 0.1) is 0 Å². The molecule has 1 nitrogen and oxygen atoms in total. The summed E-state index contributed by atoms with van der Waals surface area (Å²) in [7, 11) is 0. The number of hydrogen-bond donors (Lipinski definition) is 0. The van der Waals surface area contributed by atoms with Gasteiger partial charge in [0.25, 0.3) is 0 Å². The van der Waals surface area contributed by atoms with Crippen molar-refractivity contribution in [2.24, 2.45) is 0 Å². The van der Waals surface area contributed by atoms with Crippen LogP contribution in [0.4, 0.5) is 0 Å². The van der Waals surface area contributed by atoms with Crippen molar-refractivity contribution < 1.29 is 2.79 Å². The molecule has 4 aromatic carbocycles. The van der Waals surface area contributed by atoms with Crippen LogP contribution in [0, 0.1) is 0 Å². The predicted molar refractivity (Wildman–Crippen MR) is 286 cm³/mol. The first-order valence-electron chi connectivity index (χ1n) is 25.3. The summed E-state index contributed by atoms with van der Waals surface area (Å²) in [6.07, 6.45) is 0. The molecule has 0 spiro atoms. The van der Waals surface area contributed by atoms with Gasteiger partial charge in [-0.15, -0.1) is 0 Å². The molecule has 0 aliphatic rings. The molecule has 0 aromatic heterocycles. The van der Waals surface area contributed by atoms with Gasteiger partial charge in [-0.2, -0.15) is 0 Å². The van der Waals surface area contributed by atoms with E-state index < -0.39 is 29.4 Å². The molecule has 3 heteroatoms. The normalized spacial score (nSPS) is 12.9. The van der Waals surface area contributed by atoms with Gasteiger partial charge in [-0.05, 0) is 0 Å². The molecule has 0 amide bonds. The first-order valence-corrected chi connectivity index (χ1v) is 31.3. The molecule has 0 fully saturated rings. The fourth-order valence-electron chi connectivity index (χ4n) is 9.43. The Balaban J connectivity index is 2.49. The molecule has 4 rings (SSSR count). The van der Waals surface area contributed by atoms with Crippen molar-refractivity contribution >= 4 is 47.0 Å². The summed E-state index contributed by atoms with van der Waals surface area (Å²) in [5, 5.41) is 0. The van der Waals surface area contributed by atoms with Crippen LogP contribution in [-0.2, 0) is 2.79 Å². The quantitative estimate of drug-likeness (QED) is 0.0903. The molecule has 63 heavy (non-hydrogen) atoms. The fourth-order valence-corrected chi connectivity index (χ4v) is 28.9. The second-order valence-corrected chi connectivity index (χ2v) is 32.5. The minimum absolute atomic E-state index is 0.372. The zero-order valence-corrected chi connectivity index (χ0v) is 49.2. The standard InChI is InChI=1S/C60H92Ge2O/c1-33(2)45-25-49(37(9)10)57(50(26-45)38(11)12)61(58-51(39(13)14)27-46(34(3)4)28-52(58)40(15)16)63-62(59-53(41(17)18)29-47(35(5)6)30-54(59)42(19)20)60-55(43(21)22)31-48(36(7)8)32-56(60)44(23)24/h25-44H,1-24H3. The van der Waals surface area contributed by atoms with Gasteiger partial charge in [0.1, 0.15) is 0 Å². The van der Waals surface area contributed by atoms with E-state index in [9.17, 15) is 0 Å². The summed E-state index contributed by atoms with van der Waals surface area (Å²) in [6, 6.07) is 20.9. The van der Waals surface area contributed by atoms with Gasteiger partial charge in [0.15, 0.2) is 0 Å². The van der Waals surface area contributed by atoms with E-state index in [1.54, 1.807) is 17.6 Å². The van der Waals surface area contributed by atoms with Crippen molar-refractivity contribution in [2.45, 2.75) is 237 Å². The van der Waals surface area contributed by atoms with Crippen molar-refractivity contribution in [1.82, 2.24) is 0 Å². The van der Waals surface area contributed by atoms with E-state index in [-0.39, 0.29) is 0 Å². The van der Waals surface area contributed by atoms with Crippen LogP contribution in [0.3, 0.4) is 0 Å². The number of rotatable bonds is 18. The second-order valence-electron chi connectivity index (χ2n) is 22.9. The SMILES string of the molecule is CC(C)c1cc(C(C)C)[c]([Ge]([O][Ge]([c]2c(C(C)C)cc(C(C)C)cc2C(C)C)[c]2c(C(C)C)cc(C(C)C)cc2C(C)C)[c]2c(C(C)C)cc(C(C)C)cc2C(C)C)c(C(C)C)c1. The van der Waals surface area contributed by atoms with E-state index in [2.05, 4.69) is 215 Å². The molecule has 346 valence electrons. The van der Waals surface area contributed by atoms with Crippen molar-refractivity contribution in [3.05, 3.63) is 115 Å². The van der Waals surface area contributed by atoms with Crippen molar-refractivity contribution in [3.8, 4) is 0 Å². The third-order valence-corrected chi connectivity index (χ3v) is 27.6. The molecule has 4 aromatic rings. The molecule has 0 unspecified atom stereocenters. The van der Waals surface area contributed by atoms with Gasteiger partial charge < -0.3 is 0 Å². The molecular weight excluding hydrogens is 882 g/mol. The molecule has 0 saturated carbocycles. The Morgan fingerprint density at radius 2 is 0.349 bits per heavy atom. The molecule has 0 N–H and O–H groups in total. The molecule has 0 aliphatic heterocycles. The number of benzene rings is 4. The Kier molecular flexibility index (Phi) is 18.8. The zero-order chi connectivity index (χ0) is 47.7. The van der Waals surface area contributed by atoms with E-state index in [1.807, 2.05) is 0 Å². The first-order chi connectivity index (χ1) is 29.2. The monoisotopic (exact) mass is 977 g/mol. The van der Waals surface area contributed by atoms with Crippen molar-refractivity contribution in [1.29, 1.82) is 0 Å². The van der Waals surface area contributed by atoms with E-state index in [1.165, 1.54) is 66.8 Å². The van der Waals surface area contributed by atoms with Crippen LogP contribution in [0.1, 0.15) is 304 Å². The number of hydrogen-bond acceptors (Lipinski definition) is 1. The zero-order valence-electron chi connectivity index (χ0n) is 45.0. The van der Waals surface area contributed by atoms with Gasteiger partial charge in [-0.3, -0.25) is 0 Å². The van der Waals surface area contributed by atoms with E-state index in [4.69, 9.17) is 2.79 Å². The molecule has 2 radical (unpaired) electrons. The summed E-state index contributed by atoms with van der Waals surface area (Å²) < 4.78 is 15.5. The van der Waals surface area contributed by atoms with Crippen molar-refractivity contribution in [2.75, 3.05) is 0 Å². The Bertz CT molecular complexity index is 1730. The van der Waals surface area contributed by atoms with Crippen molar-refractivity contribution in [3.63, 3.8) is 0 Å². The third-order valence-electron chi connectivity index (χ3n) is 13.6. The first kappa shape index (κ1) is 53.5. The fraction of sp³-hybridized carbons (Fsp3) is 0.600. The van der Waals surface area contributed by atoms with E-state index >= 15 is 0 Å². The van der Waals surface area contributed by atoms with Gasteiger partial charge in [0, 0.05) is 0 Å². The van der Waals surface area contributed by atoms with Crippen LogP contribution >= 0.6 is 0 Å². The minimum atomic E-state index is -2.99. The maximum absolute atomic E-state index is 9.06. The molecular formula is C60H92Ge2O. The van der Waals surface area contributed by atoms with Gasteiger partial charge in [-0.25, -0.2) is 0 Å². The second kappa shape index (κ2) is 22.1. The Hall–Kier alpha value is -2.07. The Morgan fingerprint density at radius 3 is 0.444 bits per heavy atom. The van der Waals surface area contributed by atoms with E-state index in [0.29, 0.717) is 71.0 Å². The summed E-state index contributed by atoms with van der Waals surface area (Å²) in [5.74, 6) is 4.78. The topological polar surface area (TPSA) is 9.23 Å². The average Bonchev–Trinajstić information content (AvgIpc) is 3.19. The Morgan fingerprint density at radius 1 is 0.222 bits per heavy atom. The molecule has 0 bridgehead atoms. The predicted octanol–water partition coefficient (Wildman–Crippen LogP) is 16.1. The van der Waals surface area contributed by atoms with Crippen LogP contribution in [0.2, 0.25) is 0 Å². The van der Waals surface area contributed by atoms with Gasteiger partial charge in [0.2, 0.25) is 0 Å². The summed E-state index contributed by atoms with van der Waals surface area (Å²) in [4.78, 5) is 0. The van der Waals surface area contributed by atoms with Crippen LogP contribution in [0.15, 0.2) is 48.5 Å². The summed E-state index contributed by atoms with van der Waals surface area (Å²) in [6.45, 7) is 58.2. The molecule has 0 saturated heterocycles.